The molecule has 1 N–H and O–H groups in total. The first-order chi connectivity index (χ1) is 8.21. The van der Waals surface area contributed by atoms with Gasteiger partial charge in [0, 0.05) is 19.1 Å². The monoisotopic (exact) mass is 276 g/mol. The fourth-order valence-electron chi connectivity index (χ4n) is 1.97. The minimum absolute atomic E-state index is 0.0236. The molecule has 0 aromatic carbocycles. The summed E-state index contributed by atoms with van der Waals surface area (Å²) in [6, 6.07) is 0.117. The molecule has 0 unspecified atom stereocenters. The lowest BCUT2D eigenvalue weighted by Crippen LogP contribution is -2.47. The van der Waals surface area contributed by atoms with Gasteiger partial charge in [0.1, 0.15) is 0 Å². The van der Waals surface area contributed by atoms with Gasteiger partial charge in [-0.15, -0.1) is 0 Å². The zero-order chi connectivity index (χ0) is 13.9. The van der Waals surface area contributed by atoms with Crippen molar-refractivity contribution in [3.63, 3.8) is 0 Å². The minimum Gasteiger partial charge on any atom is -0.353 e. The van der Waals surface area contributed by atoms with Crippen LogP contribution >= 0.6 is 0 Å². The molecule has 0 aromatic rings. The van der Waals surface area contributed by atoms with Gasteiger partial charge in [-0.2, -0.15) is 0 Å². The van der Waals surface area contributed by atoms with E-state index in [0.29, 0.717) is 19.0 Å². The van der Waals surface area contributed by atoms with E-state index in [2.05, 4.69) is 19.2 Å². The molecule has 6 heteroatoms. The Kier molecular flexibility index (Phi) is 5.16. The average molecular weight is 276 g/mol. The zero-order valence-electron chi connectivity index (χ0n) is 11.6. The van der Waals surface area contributed by atoms with Crippen LogP contribution < -0.4 is 5.32 Å². The summed E-state index contributed by atoms with van der Waals surface area (Å²) in [4.78, 5) is 12.1. The molecule has 0 aromatic heterocycles. The van der Waals surface area contributed by atoms with Gasteiger partial charge in [0.05, 0.1) is 12.2 Å². The normalized spacial score (nSPS) is 23.9. The second-order valence-electron chi connectivity index (χ2n) is 5.50. The largest absolute Gasteiger partial charge is 0.353 e. The maximum absolute atomic E-state index is 12.1. The molecule has 106 valence electrons. The van der Waals surface area contributed by atoms with Crippen LogP contribution in [0.2, 0.25) is 0 Å². The molecular formula is C12H24N2O3S. The number of rotatable bonds is 4. The van der Waals surface area contributed by atoms with Crippen LogP contribution in [0.3, 0.4) is 0 Å². The van der Waals surface area contributed by atoms with E-state index < -0.39 is 10.0 Å². The van der Waals surface area contributed by atoms with Crippen LogP contribution in [0.4, 0.5) is 0 Å². The molecule has 1 fully saturated rings. The van der Waals surface area contributed by atoms with E-state index in [1.165, 1.54) is 10.6 Å². The highest BCUT2D eigenvalue weighted by Gasteiger charge is 2.30. The molecule has 18 heavy (non-hydrogen) atoms. The minimum atomic E-state index is -3.18. The van der Waals surface area contributed by atoms with Crippen LogP contribution in [-0.4, -0.2) is 44.0 Å². The van der Waals surface area contributed by atoms with Gasteiger partial charge >= 0.3 is 0 Å². The van der Waals surface area contributed by atoms with Gasteiger partial charge in [-0.25, -0.2) is 12.7 Å². The zero-order valence-corrected chi connectivity index (χ0v) is 12.5. The fraction of sp³-hybridized carbons (Fsp3) is 0.917. The predicted octanol–water partition coefficient (Wildman–Crippen LogP) is 0.819. The van der Waals surface area contributed by atoms with Crippen molar-refractivity contribution < 1.29 is 13.2 Å². The molecular weight excluding hydrogens is 252 g/mol. The molecule has 0 saturated carbocycles. The van der Waals surface area contributed by atoms with Gasteiger partial charge in [0.2, 0.25) is 15.9 Å². The summed E-state index contributed by atoms with van der Waals surface area (Å²) in [6.45, 7) is 6.92. The molecule has 0 aliphatic carbocycles. The standard InChI is InChI=1S/C12H24N2O3S/c1-9(2)10(3)13-12(15)11-6-5-7-14(8-11)18(4,16)17/h9-11H,5-8H2,1-4H3,(H,13,15)/t10-,11+/m0/s1. The first-order valence-corrected chi connectivity index (χ1v) is 8.32. The van der Waals surface area contributed by atoms with E-state index in [1.54, 1.807) is 0 Å². The maximum atomic E-state index is 12.1. The van der Waals surface area contributed by atoms with Gasteiger partial charge < -0.3 is 5.32 Å². The molecule has 1 saturated heterocycles. The third-order valence-electron chi connectivity index (χ3n) is 3.59. The summed E-state index contributed by atoms with van der Waals surface area (Å²) >= 11 is 0. The summed E-state index contributed by atoms with van der Waals surface area (Å²) < 4.78 is 24.4. The van der Waals surface area contributed by atoms with Crippen LogP contribution in [0.5, 0.6) is 0 Å². The summed E-state index contributed by atoms with van der Waals surface area (Å²) in [7, 11) is -3.18. The Balaban J connectivity index is 2.59. The van der Waals surface area contributed by atoms with Gasteiger partial charge in [-0.3, -0.25) is 4.79 Å². The Hall–Kier alpha value is -0.620. The number of piperidine rings is 1. The van der Waals surface area contributed by atoms with E-state index in [1.807, 2.05) is 6.92 Å². The summed E-state index contributed by atoms with van der Waals surface area (Å²) in [6.07, 6.45) is 2.72. The lowest BCUT2D eigenvalue weighted by molar-refractivity contribution is -0.127. The van der Waals surface area contributed by atoms with Gasteiger partial charge in [-0.05, 0) is 25.7 Å². The molecule has 0 spiro atoms. The number of nitrogens with zero attached hydrogens (tertiary/aromatic N) is 1. The Morgan fingerprint density at radius 1 is 1.33 bits per heavy atom. The second kappa shape index (κ2) is 6.02. The number of carbonyl (C=O) groups is 1. The van der Waals surface area contributed by atoms with Crippen molar-refractivity contribution in [3.8, 4) is 0 Å². The van der Waals surface area contributed by atoms with Gasteiger partial charge in [0.15, 0.2) is 0 Å². The van der Waals surface area contributed by atoms with Crippen LogP contribution in [0.25, 0.3) is 0 Å². The van der Waals surface area contributed by atoms with E-state index in [0.717, 1.165) is 12.8 Å². The Bertz CT molecular complexity index is 392. The fourth-order valence-corrected chi connectivity index (χ4v) is 2.88. The van der Waals surface area contributed by atoms with E-state index in [-0.39, 0.29) is 17.9 Å². The molecule has 1 amide bonds. The summed E-state index contributed by atoms with van der Waals surface area (Å²) in [5.74, 6) is 0.141. The van der Waals surface area contributed by atoms with Crippen LogP contribution in [0.1, 0.15) is 33.6 Å². The van der Waals surface area contributed by atoms with Crippen molar-refractivity contribution in [2.24, 2.45) is 11.8 Å². The molecule has 2 atom stereocenters. The molecule has 1 rings (SSSR count). The first kappa shape index (κ1) is 15.4. The predicted molar refractivity (Wildman–Crippen MR) is 71.6 cm³/mol. The van der Waals surface area contributed by atoms with Gasteiger partial charge in [0.25, 0.3) is 0 Å². The average Bonchev–Trinajstić information content (AvgIpc) is 2.27. The first-order valence-electron chi connectivity index (χ1n) is 6.47. The lowest BCUT2D eigenvalue weighted by Gasteiger charge is -2.31. The summed E-state index contributed by atoms with van der Waals surface area (Å²) in [5.41, 5.74) is 0. The number of amides is 1. The van der Waals surface area contributed by atoms with Crippen LogP contribution in [0.15, 0.2) is 0 Å². The lowest BCUT2D eigenvalue weighted by atomic mass is 9.97. The number of sulfonamides is 1. The molecule has 1 heterocycles. The van der Waals surface area contributed by atoms with Crippen molar-refractivity contribution in [2.75, 3.05) is 19.3 Å². The van der Waals surface area contributed by atoms with Crippen molar-refractivity contribution in [1.82, 2.24) is 9.62 Å². The third kappa shape index (κ3) is 4.24. The smallest absolute Gasteiger partial charge is 0.224 e. The van der Waals surface area contributed by atoms with E-state index in [9.17, 15) is 13.2 Å². The van der Waals surface area contributed by atoms with Crippen molar-refractivity contribution in [3.05, 3.63) is 0 Å². The quantitative estimate of drug-likeness (QED) is 0.826. The van der Waals surface area contributed by atoms with Crippen LogP contribution in [0, 0.1) is 11.8 Å². The molecule has 0 bridgehead atoms. The SMILES string of the molecule is CC(C)[C@H](C)NC(=O)[C@@H]1CCCN(S(C)(=O)=O)C1. The Morgan fingerprint density at radius 3 is 2.44 bits per heavy atom. The number of nitrogens with one attached hydrogen (secondary N) is 1. The third-order valence-corrected chi connectivity index (χ3v) is 4.86. The highest BCUT2D eigenvalue weighted by Crippen LogP contribution is 2.19. The van der Waals surface area contributed by atoms with Crippen LogP contribution in [-0.2, 0) is 14.8 Å². The number of carbonyl (C=O) groups excluding carboxylic acids is 1. The van der Waals surface area contributed by atoms with Crippen molar-refractivity contribution in [1.29, 1.82) is 0 Å². The number of hydrogen-bond acceptors (Lipinski definition) is 3. The van der Waals surface area contributed by atoms with Crippen molar-refractivity contribution in [2.45, 2.75) is 39.7 Å². The molecule has 0 radical (unpaired) electrons. The van der Waals surface area contributed by atoms with Crippen molar-refractivity contribution >= 4 is 15.9 Å². The topological polar surface area (TPSA) is 66.5 Å². The second-order valence-corrected chi connectivity index (χ2v) is 7.48. The molecule has 5 nitrogen and oxygen atoms in total. The van der Waals surface area contributed by atoms with Gasteiger partial charge in [-0.1, -0.05) is 13.8 Å². The van der Waals surface area contributed by atoms with E-state index in [4.69, 9.17) is 0 Å². The van der Waals surface area contributed by atoms with E-state index >= 15 is 0 Å². The summed E-state index contributed by atoms with van der Waals surface area (Å²) in [5, 5.41) is 2.96. The Labute approximate surface area is 110 Å². The maximum Gasteiger partial charge on any atom is 0.224 e. The molecule has 1 aliphatic heterocycles. The molecule has 1 aliphatic rings. The highest BCUT2D eigenvalue weighted by atomic mass is 32.2. The Morgan fingerprint density at radius 2 is 1.94 bits per heavy atom. The number of hydrogen-bond donors (Lipinski definition) is 1. The highest BCUT2D eigenvalue weighted by molar-refractivity contribution is 7.88.